The first-order valence-electron chi connectivity index (χ1n) is 22.9. The van der Waals surface area contributed by atoms with E-state index in [1.165, 1.54) is 244 Å². The molecule has 302 valence electrons. The first-order chi connectivity index (χ1) is 24.5. The number of hydrogen-bond acceptors (Lipinski definition) is 3. The summed E-state index contributed by atoms with van der Waals surface area (Å²) in [5.74, 6) is 0. The van der Waals surface area contributed by atoms with E-state index in [1.807, 2.05) is 0 Å². The number of hydrogen-bond donors (Lipinski definition) is 2. The fourth-order valence-electron chi connectivity index (χ4n) is 7.43. The van der Waals surface area contributed by atoms with Crippen LogP contribution in [0.25, 0.3) is 0 Å². The third-order valence-corrected chi connectivity index (χ3v) is 11.3. The number of unbranched alkanes of at least 4 members (excludes halogenated alkanes) is 35. The van der Waals surface area contributed by atoms with Crippen LogP contribution in [0.3, 0.4) is 0 Å². The lowest BCUT2D eigenvalue weighted by molar-refractivity contribution is 0.193. The first-order valence-corrected chi connectivity index (χ1v) is 24.4. The van der Waals surface area contributed by atoms with Crippen molar-refractivity contribution < 1.29 is 18.9 Å². The average molecular weight is 730 g/mol. The molecular weight excluding hydrogens is 637 g/mol. The molecule has 0 aromatic carbocycles. The van der Waals surface area contributed by atoms with E-state index in [-0.39, 0.29) is 6.61 Å². The largest absolute Gasteiger partial charge is 0.469 e. The van der Waals surface area contributed by atoms with E-state index in [0.29, 0.717) is 0 Å². The Balaban J connectivity index is 3.96. The van der Waals surface area contributed by atoms with Crippen molar-refractivity contribution in [1.82, 2.24) is 4.90 Å². The lowest BCUT2D eigenvalue weighted by atomic mass is 10.0. The topological polar surface area (TPSA) is 70.0 Å². The van der Waals surface area contributed by atoms with Crippen LogP contribution in [0.15, 0.2) is 0 Å². The zero-order valence-corrected chi connectivity index (χ0v) is 35.2. The van der Waals surface area contributed by atoms with E-state index in [4.69, 9.17) is 9.79 Å². The predicted molar refractivity (Wildman–Crippen MR) is 221 cm³/mol. The van der Waals surface area contributed by atoms with Gasteiger partial charge in [-0.15, -0.1) is 0 Å². The van der Waals surface area contributed by atoms with Gasteiger partial charge < -0.3 is 14.7 Å². The van der Waals surface area contributed by atoms with Gasteiger partial charge in [-0.25, -0.2) is 4.57 Å². The van der Waals surface area contributed by atoms with Gasteiger partial charge in [-0.1, -0.05) is 232 Å². The Kier molecular flexibility index (Phi) is 41.9. The van der Waals surface area contributed by atoms with Crippen LogP contribution in [0, 0.1) is 0 Å². The monoisotopic (exact) mass is 730 g/mol. The van der Waals surface area contributed by atoms with Crippen molar-refractivity contribution in [1.29, 1.82) is 0 Å². The molecule has 0 atom stereocenters. The van der Waals surface area contributed by atoms with E-state index < -0.39 is 7.82 Å². The lowest BCUT2D eigenvalue weighted by Crippen LogP contribution is -2.27. The first kappa shape index (κ1) is 50.1. The van der Waals surface area contributed by atoms with Gasteiger partial charge in [-0.2, -0.15) is 0 Å². The van der Waals surface area contributed by atoms with Gasteiger partial charge in [0.25, 0.3) is 0 Å². The molecule has 0 saturated carbocycles. The molecule has 2 N–H and O–H groups in total. The maximum Gasteiger partial charge on any atom is 0.469 e. The highest BCUT2D eigenvalue weighted by atomic mass is 31.2. The summed E-state index contributed by atoms with van der Waals surface area (Å²) in [4.78, 5) is 20.3. The number of phosphoric acid groups is 1. The minimum Gasteiger partial charge on any atom is -0.303 e. The summed E-state index contributed by atoms with van der Waals surface area (Å²) in [5, 5.41) is 0. The van der Waals surface area contributed by atoms with E-state index in [0.717, 1.165) is 19.3 Å². The molecule has 0 aliphatic carbocycles. The van der Waals surface area contributed by atoms with Crippen molar-refractivity contribution in [2.45, 2.75) is 258 Å². The van der Waals surface area contributed by atoms with Crippen LogP contribution in [-0.2, 0) is 9.09 Å². The van der Waals surface area contributed by atoms with Crippen molar-refractivity contribution >= 4 is 7.82 Å². The molecule has 0 aliphatic heterocycles. The maximum atomic E-state index is 10.7. The Hall–Kier alpha value is 0.0700. The molecule has 0 amide bonds. The van der Waals surface area contributed by atoms with Gasteiger partial charge in [0.05, 0.1) is 6.61 Å². The summed E-state index contributed by atoms with van der Waals surface area (Å²) in [5.41, 5.74) is 0. The van der Waals surface area contributed by atoms with Crippen LogP contribution < -0.4 is 0 Å². The van der Waals surface area contributed by atoms with Crippen molar-refractivity contribution in [2.24, 2.45) is 0 Å². The summed E-state index contributed by atoms with van der Waals surface area (Å²) in [6, 6.07) is 0. The van der Waals surface area contributed by atoms with Gasteiger partial charge in [0.1, 0.15) is 0 Å². The maximum absolute atomic E-state index is 10.7. The van der Waals surface area contributed by atoms with Gasteiger partial charge in [0.2, 0.25) is 0 Å². The molecule has 0 radical (unpaired) electrons. The normalized spacial score (nSPS) is 12.1. The Bertz CT molecular complexity index is 640. The van der Waals surface area contributed by atoms with Crippen LogP contribution in [0.5, 0.6) is 0 Å². The molecule has 0 aliphatic rings. The number of phosphoric ester groups is 1. The average Bonchev–Trinajstić information content (AvgIpc) is 3.09. The van der Waals surface area contributed by atoms with Gasteiger partial charge >= 0.3 is 7.82 Å². The molecule has 0 aromatic heterocycles. The highest BCUT2D eigenvalue weighted by Crippen LogP contribution is 2.35. The Morgan fingerprint density at radius 1 is 0.340 bits per heavy atom. The lowest BCUT2D eigenvalue weighted by Gasteiger charge is -2.22. The van der Waals surface area contributed by atoms with E-state index in [2.05, 4.69) is 23.3 Å². The third kappa shape index (κ3) is 44.2. The van der Waals surface area contributed by atoms with E-state index in [1.54, 1.807) is 0 Å². The summed E-state index contributed by atoms with van der Waals surface area (Å²) in [6.07, 6.45) is 52.4. The molecule has 0 spiro atoms. The van der Waals surface area contributed by atoms with Crippen molar-refractivity contribution in [3.8, 4) is 0 Å². The summed E-state index contributed by atoms with van der Waals surface area (Å²) >= 11 is 0. The summed E-state index contributed by atoms with van der Waals surface area (Å²) in [7, 11) is -4.29. The Morgan fingerprint density at radius 3 is 0.760 bits per heavy atom. The molecule has 0 unspecified atom stereocenters. The number of nitrogens with zero attached hydrogens (tertiary/aromatic N) is 1. The van der Waals surface area contributed by atoms with Crippen molar-refractivity contribution in [3.63, 3.8) is 0 Å². The molecule has 0 heterocycles. The zero-order chi connectivity index (χ0) is 36.5. The second-order valence-electron chi connectivity index (χ2n) is 15.9. The SMILES string of the molecule is CCCCCCCCCCCCCCCCN(CCCCCCCCCCCCCCCC)CCCCCCCCCCCCOP(=O)(O)O. The molecule has 6 heteroatoms. The second kappa shape index (κ2) is 41.8. The molecule has 0 rings (SSSR count). The molecular formula is C44H92NO4P. The van der Waals surface area contributed by atoms with Gasteiger partial charge in [0.15, 0.2) is 0 Å². The van der Waals surface area contributed by atoms with Crippen LogP contribution in [-0.4, -0.2) is 40.9 Å². The Labute approximate surface area is 314 Å². The fraction of sp³-hybridized carbons (Fsp3) is 1.00. The van der Waals surface area contributed by atoms with Crippen LogP contribution in [0.1, 0.15) is 258 Å². The quantitative estimate of drug-likeness (QED) is 0.0483. The highest BCUT2D eigenvalue weighted by molar-refractivity contribution is 7.46. The molecule has 0 aromatic rings. The van der Waals surface area contributed by atoms with Gasteiger partial charge in [0, 0.05) is 0 Å². The highest BCUT2D eigenvalue weighted by Gasteiger charge is 2.12. The number of rotatable bonds is 44. The van der Waals surface area contributed by atoms with Crippen LogP contribution in [0.4, 0.5) is 0 Å². The van der Waals surface area contributed by atoms with E-state index >= 15 is 0 Å². The third-order valence-electron chi connectivity index (χ3n) is 10.8. The van der Waals surface area contributed by atoms with E-state index in [9.17, 15) is 4.57 Å². The predicted octanol–water partition coefficient (Wildman–Crippen LogP) is 15.3. The zero-order valence-electron chi connectivity index (χ0n) is 34.3. The van der Waals surface area contributed by atoms with Crippen LogP contribution in [0.2, 0.25) is 0 Å². The van der Waals surface area contributed by atoms with Gasteiger partial charge in [-0.05, 0) is 45.3 Å². The second-order valence-corrected chi connectivity index (χ2v) is 17.1. The van der Waals surface area contributed by atoms with Gasteiger partial charge in [-0.3, -0.25) is 4.52 Å². The molecule has 5 nitrogen and oxygen atoms in total. The summed E-state index contributed by atoms with van der Waals surface area (Å²) < 4.78 is 15.2. The fourth-order valence-corrected chi connectivity index (χ4v) is 7.80. The smallest absolute Gasteiger partial charge is 0.303 e. The van der Waals surface area contributed by atoms with Crippen LogP contribution >= 0.6 is 7.82 Å². The molecule has 0 fully saturated rings. The minimum absolute atomic E-state index is 0.167. The minimum atomic E-state index is -4.29. The standard InChI is InChI=1S/C44H92NO4P/c1-3-5-7-9-11-13-15-17-19-21-25-29-33-37-41-45(42-38-34-30-26-22-20-18-16-14-12-10-8-6-4-2)43-39-35-31-27-23-24-28-32-36-40-44-49-50(46,47)48/h3-44H2,1-2H3,(H2,46,47,48). The molecule has 0 saturated heterocycles. The molecule has 0 bridgehead atoms. The molecule has 50 heavy (non-hydrogen) atoms. The summed E-state index contributed by atoms with van der Waals surface area (Å²) in [6.45, 7) is 8.70. The Morgan fingerprint density at radius 2 is 0.540 bits per heavy atom. The van der Waals surface area contributed by atoms with Crippen molar-refractivity contribution in [3.05, 3.63) is 0 Å². The van der Waals surface area contributed by atoms with Crippen molar-refractivity contribution in [2.75, 3.05) is 26.2 Å².